The number of carbonyl (C=O) groups excluding carboxylic acids is 1. The Balaban J connectivity index is 1.82. The largest absolute Gasteiger partial charge is 0.311 e. The van der Waals surface area contributed by atoms with E-state index >= 15 is 0 Å². The smallest absolute Gasteiger partial charge is 0.225 e. The zero-order valence-electron chi connectivity index (χ0n) is 9.73. The molecule has 0 spiro atoms. The molecule has 0 radical (unpaired) electrons. The van der Waals surface area contributed by atoms with Gasteiger partial charge in [0, 0.05) is 12.5 Å². The first kappa shape index (κ1) is 11.4. The second-order valence-electron chi connectivity index (χ2n) is 4.00. The lowest BCUT2D eigenvalue weighted by Gasteiger charge is -2.03. The third kappa shape index (κ3) is 3.45. The van der Waals surface area contributed by atoms with E-state index in [-0.39, 0.29) is 5.91 Å². The van der Waals surface area contributed by atoms with Gasteiger partial charge in [-0.15, -0.1) is 0 Å². The SMILES string of the molecule is Cc1ccc(CCC(=O)Nc2ccn[nH]2)cc1. The van der Waals surface area contributed by atoms with Gasteiger partial charge < -0.3 is 5.32 Å². The first-order valence-electron chi connectivity index (χ1n) is 5.59. The molecule has 0 saturated carbocycles. The average Bonchev–Trinajstić information content (AvgIpc) is 2.81. The van der Waals surface area contributed by atoms with Crippen molar-refractivity contribution in [2.75, 3.05) is 5.32 Å². The van der Waals surface area contributed by atoms with Gasteiger partial charge in [0.25, 0.3) is 0 Å². The molecule has 2 aromatic rings. The highest BCUT2D eigenvalue weighted by atomic mass is 16.1. The molecule has 0 aliphatic heterocycles. The van der Waals surface area contributed by atoms with Crippen LogP contribution in [-0.2, 0) is 11.2 Å². The maximum absolute atomic E-state index is 11.6. The minimum absolute atomic E-state index is 0.00479. The molecule has 1 aromatic carbocycles. The van der Waals surface area contributed by atoms with Gasteiger partial charge in [0.2, 0.25) is 5.91 Å². The summed E-state index contributed by atoms with van der Waals surface area (Å²) in [5.41, 5.74) is 2.41. The summed E-state index contributed by atoms with van der Waals surface area (Å²) in [7, 11) is 0. The summed E-state index contributed by atoms with van der Waals surface area (Å²) in [4.78, 5) is 11.6. The van der Waals surface area contributed by atoms with Crippen LogP contribution in [0.2, 0.25) is 0 Å². The molecule has 88 valence electrons. The van der Waals surface area contributed by atoms with E-state index in [1.807, 2.05) is 0 Å². The van der Waals surface area contributed by atoms with Gasteiger partial charge in [-0.2, -0.15) is 5.10 Å². The van der Waals surface area contributed by atoms with Crippen molar-refractivity contribution in [2.24, 2.45) is 0 Å². The molecule has 17 heavy (non-hydrogen) atoms. The van der Waals surface area contributed by atoms with Crippen LogP contribution in [0, 0.1) is 6.92 Å². The lowest BCUT2D eigenvalue weighted by Crippen LogP contribution is -2.12. The summed E-state index contributed by atoms with van der Waals surface area (Å²) < 4.78 is 0. The van der Waals surface area contributed by atoms with Crippen molar-refractivity contribution in [2.45, 2.75) is 19.8 Å². The quantitative estimate of drug-likeness (QED) is 0.845. The Bertz CT molecular complexity index is 474. The third-order valence-electron chi connectivity index (χ3n) is 2.54. The fraction of sp³-hybridized carbons (Fsp3) is 0.231. The second-order valence-corrected chi connectivity index (χ2v) is 4.00. The standard InChI is InChI=1S/C13H15N3O/c1-10-2-4-11(5-3-10)6-7-13(17)15-12-8-9-14-16-12/h2-5,8-9H,6-7H2,1H3,(H2,14,15,16,17). The molecule has 0 unspecified atom stereocenters. The molecule has 1 amide bonds. The number of hydrogen-bond acceptors (Lipinski definition) is 2. The van der Waals surface area contributed by atoms with Gasteiger partial charge in [-0.1, -0.05) is 29.8 Å². The summed E-state index contributed by atoms with van der Waals surface area (Å²) in [5.74, 6) is 0.633. The number of benzene rings is 1. The average molecular weight is 229 g/mol. The van der Waals surface area contributed by atoms with Crippen molar-refractivity contribution >= 4 is 11.7 Å². The van der Waals surface area contributed by atoms with Crippen molar-refractivity contribution < 1.29 is 4.79 Å². The number of H-pyrrole nitrogens is 1. The molecule has 2 rings (SSSR count). The lowest BCUT2D eigenvalue weighted by molar-refractivity contribution is -0.116. The van der Waals surface area contributed by atoms with E-state index < -0.39 is 0 Å². The highest BCUT2D eigenvalue weighted by molar-refractivity contribution is 5.89. The van der Waals surface area contributed by atoms with E-state index in [0.29, 0.717) is 12.2 Å². The molecule has 0 aliphatic carbocycles. The summed E-state index contributed by atoms with van der Waals surface area (Å²) in [6, 6.07) is 9.95. The molecule has 1 heterocycles. The summed E-state index contributed by atoms with van der Waals surface area (Å²) in [6.07, 6.45) is 2.83. The Morgan fingerprint density at radius 3 is 2.71 bits per heavy atom. The van der Waals surface area contributed by atoms with Gasteiger partial charge in [-0.05, 0) is 18.9 Å². The molecule has 0 aliphatic rings. The first-order chi connectivity index (χ1) is 8.24. The third-order valence-corrected chi connectivity index (χ3v) is 2.54. The molecule has 2 N–H and O–H groups in total. The summed E-state index contributed by atoms with van der Waals surface area (Å²) in [5, 5.41) is 9.20. The number of nitrogens with zero attached hydrogens (tertiary/aromatic N) is 1. The second kappa shape index (κ2) is 5.30. The van der Waals surface area contributed by atoms with Crippen LogP contribution < -0.4 is 5.32 Å². The fourth-order valence-corrected chi connectivity index (χ4v) is 1.55. The number of amides is 1. The predicted octanol–water partition coefficient (Wildman–Crippen LogP) is 2.29. The Morgan fingerprint density at radius 2 is 2.06 bits per heavy atom. The van der Waals surface area contributed by atoms with Crippen LogP contribution in [0.4, 0.5) is 5.82 Å². The molecule has 0 atom stereocenters. The van der Waals surface area contributed by atoms with Crippen LogP contribution in [0.1, 0.15) is 17.5 Å². The van der Waals surface area contributed by atoms with E-state index in [1.54, 1.807) is 12.3 Å². The Hall–Kier alpha value is -2.10. The molecule has 4 heteroatoms. The number of carbonyl (C=O) groups is 1. The molecular weight excluding hydrogens is 214 g/mol. The number of rotatable bonds is 4. The number of nitrogens with one attached hydrogen (secondary N) is 2. The van der Waals surface area contributed by atoms with E-state index in [4.69, 9.17) is 0 Å². The zero-order valence-corrected chi connectivity index (χ0v) is 9.73. The molecular formula is C13H15N3O. The van der Waals surface area contributed by atoms with Crippen molar-refractivity contribution in [3.05, 3.63) is 47.7 Å². The maximum Gasteiger partial charge on any atom is 0.225 e. The Kier molecular flexibility index (Phi) is 3.55. The van der Waals surface area contributed by atoms with Crippen LogP contribution in [0.3, 0.4) is 0 Å². The van der Waals surface area contributed by atoms with Crippen LogP contribution in [-0.4, -0.2) is 16.1 Å². The van der Waals surface area contributed by atoms with Crippen molar-refractivity contribution in [1.82, 2.24) is 10.2 Å². The topological polar surface area (TPSA) is 57.8 Å². The van der Waals surface area contributed by atoms with Gasteiger partial charge in [0.05, 0.1) is 6.20 Å². The monoisotopic (exact) mass is 229 g/mol. The number of aryl methyl sites for hydroxylation is 2. The van der Waals surface area contributed by atoms with Crippen LogP contribution in [0.15, 0.2) is 36.5 Å². The highest BCUT2D eigenvalue weighted by Gasteiger charge is 2.03. The van der Waals surface area contributed by atoms with Gasteiger partial charge >= 0.3 is 0 Å². The van der Waals surface area contributed by atoms with E-state index in [0.717, 1.165) is 6.42 Å². The van der Waals surface area contributed by atoms with Gasteiger partial charge in [0.1, 0.15) is 5.82 Å². The van der Waals surface area contributed by atoms with E-state index in [9.17, 15) is 4.79 Å². The predicted molar refractivity (Wildman–Crippen MR) is 66.7 cm³/mol. The normalized spacial score (nSPS) is 10.2. The minimum Gasteiger partial charge on any atom is -0.311 e. The van der Waals surface area contributed by atoms with E-state index in [2.05, 4.69) is 46.7 Å². The molecule has 1 aromatic heterocycles. The Labute approximate surface area is 100 Å². The Morgan fingerprint density at radius 1 is 1.29 bits per heavy atom. The van der Waals surface area contributed by atoms with Gasteiger partial charge in [0.15, 0.2) is 0 Å². The van der Waals surface area contributed by atoms with Crippen molar-refractivity contribution in [3.8, 4) is 0 Å². The van der Waals surface area contributed by atoms with Crippen molar-refractivity contribution in [1.29, 1.82) is 0 Å². The molecule has 0 fully saturated rings. The first-order valence-corrected chi connectivity index (χ1v) is 5.59. The van der Waals surface area contributed by atoms with E-state index in [1.165, 1.54) is 11.1 Å². The van der Waals surface area contributed by atoms with Gasteiger partial charge in [-0.25, -0.2) is 0 Å². The number of hydrogen-bond donors (Lipinski definition) is 2. The van der Waals surface area contributed by atoms with Crippen LogP contribution >= 0.6 is 0 Å². The zero-order chi connectivity index (χ0) is 12.1. The number of anilines is 1. The summed E-state index contributed by atoms with van der Waals surface area (Å²) >= 11 is 0. The lowest BCUT2D eigenvalue weighted by atomic mass is 10.1. The number of aromatic nitrogens is 2. The minimum atomic E-state index is -0.00479. The molecule has 0 saturated heterocycles. The maximum atomic E-state index is 11.6. The van der Waals surface area contributed by atoms with Gasteiger partial charge in [-0.3, -0.25) is 9.89 Å². The molecule has 0 bridgehead atoms. The van der Waals surface area contributed by atoms with Crippen molar-refractivity contribution in [3.63, 3.8) is 0 Å². The fourth-order valence-electron chi connectivity index (χ4n) is 1.55. The number of aromatic amines is 1. The highest BCUT2D eigenvalue weighted by Crippen LogP contribution is 2.07. The van der Waals surface area contributed by atoms with Crippen LogP contribution in [0.25, 0.3) is 0 Å². The molecule has 4 nitrogen and oxygen atoms in total. The van der Waals surface area contributed by atoms with Crippen LogP contribution in [0.5, 0.6) is 0 Å². The summed E-state index contributed by atoms with van der Waals surface area (Å²) in [6.45, 7) is 2.05.